The van der Waals surface area contributed by atoms with Gasteiger partial charge in [-0.2, -0.15) is 4.91 Å². The van der Waals surface area contributed by atoms with Crippen LogP contribution in [0.2, 0.25) is 0 Å². The van der Waals surface area contributed by atoms with Crippen molar-refractivity contribution in [1.29, 1.82) is 0 Å². The van der Waals surface area contributed by atoms with Crippen LogP contribution in [-0.2, 0) is 9.59 Å². The topological polar surface area (TPSA) is 104 Å². The van der Waals surface area contributed by atoms with Crippen LogP contribution in [0.1, 0.15) is 13.8 Å². The van der Waals surface area contributed by atoms with Crippen molar-refractivity contribution in [2.75, 3.05) is 6.54 Å². The number of hydrogen-bond donors (Lipinski definition) is 2. The van der Waals surface area contributed by atoms with Crippen molar-refractivity contribution in [3.8, 4) is 0 Å². The Balaban J connectivity index is -0.000000147. The van der Waals surface area contributed by atoms with Gasteiger partial charge in [-0.15, -0.1) is 0 Å². The second kappa shape index (κ2) is 14.5. The number of carbonyl (C=O) groups is 2. The molecule has 0 saturated carbocycles. The molecule has 15 heavy (non-hydrogen) atoms. The molecule has 0 spiro atoms. The van der Waals surface area contributed by atoms with Gasteiger partial charge in [-0.1, -0.05) is 18.3 Å². The van der Waals surface area contributed by atoms with E-state index in [1.807, 2.05) is 0 Å². The Kier molecular flexibility index (Phi) is 18.2. The third-order valence-electron chi connectivity index (χ3n) is 0.669. The minimum Gasteiger partial charge on any atom is -0.478 e. The van der Waals surface area contributed by atoms with Crippen molar-refractivity contribution < 1.29 is 19.8 Å². The first-order chi connectivity index (χ1) is 6.83. The average molecular weight is 217 g/mol. The van der Waals surface area contributed by atoms with Crippen molar-refractivity contribution in [2.45, 2.75) is 13.8 Å². The summed E-state index contributed by atoms with van der Waals surface area (Å²) in [5.74, 6) is -1.92. The summed E-state index contributed by atoms with van der Waals surface area (Å²) in [5, 5.41) is 18.0. The number of nitrogens with zero attached hydrogens (tertiary/aromatic N) is 1. The summed E-state index contributed by atoms with van der Waals surface area (Å²) in [6.07, 6.45) is 0.833. The summed E-state index contributed by atoms with van der Waals surface area (Å²) >= 11 is 0. The molecule has 0 aromatic rings. The van der Waals surface area contributed by atoms with Gasteiger partial charge >= 0.3 is 11.9 Å². The van der Waals surface area contributed by atoms with E-state index >= 15 is 0 Å². The Morgan fingerprint density at radius 3 is 1.60 bits per heavy atom. The van der Waals surface area contributed by atoms with E-state index in [0.29, 0.717) is 6.54 Å². The molecule has 0 unspecified atom stereocenters. The average Bonchev–Trinajstić information content (AvgIpc) is 2.19. The van der Waals surface area contributed by atoms with Gasteiger partial charge in [-0.25, -0.2) is 9.59 Å². The highest BCUT2D eigenvalue weighted by Gasteiger charge is 1.90. The molecule has 0 aromatic heterocycles. The molecule has 0 amide bonds. The van der Waals surface area contributed by atoms with E-state index in [1.165, 1.54) is 6.92 Å². The molecule has 0 heterocycles. The summed E-state index contributed by atoms with van der Waals surface area (Å²) in [4.78, 5) is 27.8. The molecule has 6 nitrogen and oxygen atoms in total. The summed E-state index contributed by atoms with van der Waals surface area (Å²) in [7, 11) is 0. The van der Waals surface area contributed by atoms with Crippen molar-refractivity contribution in [3.63, 3.8) is 0 Å². The van der Waals surface area contributed by atoms with Crippen LogP contribution in [0.25, 0.3) is 0 Å². The number of carboxylic acid groups (broad SMARTS) is 2. The molecule has 0 bridgehead atoms. The lowest BCUT2D eigenvalue weighted by Gasteiger charge is -1.79. The van der Waals surface area contributed by atoms with Crippen molar-refractivity contribution in [3.05, 3.63) is 29.7 Å². The highest BCUT2D eigenvalue weighted by molar-refractivity contribution is 5.84. The highest BCUT2D eigenvalue weighted by Crippen LogP contribution is 1.81. The number of carboxylic acids is 2. The van der Waals surface area contributed by atoms with E-state index in [9.17, 15) is 9.59 Å². The first-order valence-electron chi connectivity index (χ1n) is 3.86. The molecular formula is C9H15NO5. The van der Waals surface area contributed by atoms with Gasteiger partial charge in [0.1, 0.15) is 0 Å². The molecule has 0 radical (unpaired) electrons. The fraction of sp³-hybridized carbons (Fsp3) is 0.333. The Morgan fingerprint density at radius 2 is 1.60 bits per heavy atom. The third-order valence-corrected chi connectivity index (χ3v) is 0.669. The SMILES string of the molecule is C=C(C)C(=O)O.C=CC(=O)O.CCN=O. The smallest absolute Gasteiger partial charge is 0.330 e. The lowest BCUT2D eigenvalue weighted by atomic mass is 10.4. The molecule has 2 N–H and O–H groups in total. The minimum absolute atomic E-state index is 0.176. The van der Waals surface area contributed by atoms with Crippen LogP contribution >= 0.6 is 0 Å². The Morgan fingerprint density at radius 1 is 1.40 bits per heavy atom. The molecule has 0 saturated heterocycles. The molecular weight excluding hydrogens is 202 g/mol. The van der Waals surface area contributed by atoms with Gasteiger partial charge in [-0.05, 0) is 13.8 Å². The maximum atomic E-state index is 9.60. The molecule has 86 valence electrons. The zero-order valence-corrected chi connectivity index (χ0v) is 8.77. The molecule has 0 aliphatic heterocycles. The second-order valence-electron chi connectivity index (χ2n) is 2.07. The molecule has 0 aliphatic carbocycles. The summed E-state index contributed by atoms with van der Waals surface area (Å²) in [5.41, 5.74) is 0.176. The minimum atomic E-state index is -0.981. The number of nitroso groups, excluding NO2 is 1. The van der Waals surface area contributed by atoms with E-state index in [4.69, 9.17) is 15.1 Å². The molecule has 6 heteroatoms. The van der Waals surface area contributed by atoms with Gasteiger partial charge in [0.2, 0.25) is 0 Å². The predicted octanol–water partition coefficient (Wildman–Crippen LogP) is 1.68. The molecule has 0 fully saturated rings. The van der Waals surface area contributed by atoms with Gasteiger partial charge < -0.3 is 10.2 Å². The van der Waals surface area contributed by atoms with Gasteiger partial charge in [0.05, 0.1) is 6.54 Å². The molecule has 0 aromatic carbocycles. The van der Waals surface area contributed by atoms with Crippen molar-refractivity contribution in [1.82, 2.24) is 0 Å². The van der Waals surface area contributed by atoms with Crippen LogP contribution in [0.4, 0.5) is 0 Å². The number of rotatable bonds is 3. The zero-order chi connectivity index (χ0) is 12.9. The van der Waals surface area contributed by atoms with Crippen LogP contribution in [0.3, 0.4) is 0 Å². The van der Waals surface area contributed by atoms with Gasteiger partial charge in [0.15, 0.2) is 0 Å². The van der Waals surface area contributed by atoms with E-state index < -0.39 is 11.9 Å². The van der Waals surface area contributed by atoms with Crippen molar-refractivity contribution in [2.24, 2.45) is 5.18 Å². The maximum absolute atomic E-state index is 9.60. The maximum Gasteiger partial charge on any atom is 0.330 e. The third kappa shape index (κ3) is 47.9. The van der Waals surface area contributed by atoms with E-state index in [1.54, 1.807) is 6.92 Å². The summed E-state index contributed by atoms with van der Waals surface area (Å²) in [6, 6.07) is 0. The van der Waals surface area contributed by atoms with Crippen LogP contribution in [0.15, 0.2) is 30.0 Å². The predicted molar refractivity (Wildman–Crippen MR) is 56.6 cm³/mol. The number of aliphatic carboxylic acids is 2. The summed E-state index contributed by atoms with van der Waals surface area (Å²) < 4.78 is 0. The molecule has 0 atom stereocenters. The molecule has 0 aliphatic rings. The lowest BCUT2D eigenvalue weighted by molar-refractivity contribution is -0.133. The fourth-order valence-corrected chi connectivity index (χ4v) is 0. The largest absolute Gasteiger partial charge is 0.478 e. The van der Waals surface area contributed by atoms with Gasteiger partial charge in [0, 0.05) is 11.6 Å². The Hall–Kier alpha value is -1.98. The lowest BCUT2D eigenvalue weighted by Crippen LogP contribution is -1.92. The van der Waals surface area contributed by atoms with Crippen molar-refractivity contribution >= 4 is 11.9 Å². The van der Waals surface area contributed by atoms with Crippen LogP contribution in [0, 0.1) is 4.91 Å². The van der Waals surface area contributed by atoms with Gasteiger partial charge in [0.25, 0.3) is 0 Å². The molecule has 0 rings (SSSR count). The highest BCUT2D eigenvalue weighted by atomic mass is 16.4. The standard InChI is InChI=1S/C4H6O2.C3H4O2.C2H5NO/c1-3(2)4(5)6;1-2-3(4)5;1-2-3-4/h1H2,2H3,(H,5,6);2H,1H2,(H,4,5);2H2,1H3. The fourth-order valence-electron chi connectivity index (χ4n) is 0. The Bertz CT molecular complexity index is 223. The normalized spacial score (nSPS) is 6.80. The first-order valence-corrected chi connectivity index (χ1v) is 3.86. The van der Waals surface area contributed by atoms with E-state index in [2.05, 4.69) is 18.3 Å². The second-order valence-corrected chi connectivity index (χ2v) is 2.07. The van der Waals surface area contributed by atoms with Crippen LogP contribution in [-0.4, -0.2) is 28.7 Å². The van der Waals surface area contributed by atoms with E-state index in [-0.39, 0.29) is 5.57 Å². The monoisotopic (exact) mass is 217 g/mol. The number of hydrogen-bond acceptors (Lipinski definition) is 4. The van der Waals surface area contributed by atoms with E-state index in [0.717, 1.165) is 6.08 Å². The van der Waals surface area contributed by atoms with Gasteiger partial charge in [-0.3, -0.25) is 0 Å². The van der Waals surface area contributed by atoms with Crippen LogP contribution in [0.5, 0.6) is 0 Å². The summed E-state index contributed by atoms with van der Waals surface area (Å²) in [6.45, 7) is 9.65. The zero-order valence-electron chi connectivity index (χ0n) is 8.77. The first kappa shape index (κ1) is 18.7. The van der Waals surface area contributed by atoms with Crippen LogP contribution < -0.4 is 0 Å². The quantitative estimate of drug-likeness (QED) is 0.552. The Labute approximate surface area is 87.9 Å².